The van der Waals surface area contributed by atoms with Gasteiger partial charge in [-0.15, -0.1) is 0 Å². The number of piperidine rings is 1. The normalized spacial score (nSPS) is 23.0. The minimum atomic E-state index is -0.231. The first-order valence-corrected chi connectivity index (χ1v) is 11.4. The van der Waals surface area contributed by atoms with E-state index in [2.05, 4.69) is 5.10 Å². The maximum absolute atomic E-state index is 12.9. The number of carbonyl (C=O) groups is 3. The molecule has 1 atom stereocenters. The van der Waals surface area contributed by atoms with E-state index in [4.69, 9.17) is 4.74 Å². The summed E-state index contributed by atoms with van der Waals surface area (Å²) in [6, 6.07) is 0. The molecule has 0 spiro atoms. The molecule has 170 valence electrons. The topological polar surface area (TPSA) is 88.0 Å². The zero-order valence-electron chi connectivity index (χ0n) is 18.6. The molecule has 3 amide bonds. The van der Waals surface area contributed by atoms with Gasteiger partial charge in [0.05, 0.1) is 30.4 Å². The summed E-state index contributed by atoms with van der Waals surface area (Å²) in [5.74, 6) is 0.342. The lowest BCUT2D eigenvalue weighted by Crippen LogP contribution is -2.45. The highest BCUT2D eigenvalue weighted by atomic mass is 16.5. The minimum absolute atomic E-state index is 0.0454. The number of hydrogen-bond acceptors (Lipinski definition) is 5. The van der Waals surface area contributed by atoms with E-state index in [1.165, 1.54) is 0 Å². The molecule has 4 rings (SSSR count). The van der Waals surface area contributed by atoms with Crippen molar-refractivity contribution in [3.63, 3.8) is 0 Å². The Kier molecular flexibility index (Phi) is 6.60. The first-order chi connectivity index (χ1) is 15.0. The highest BCUT2D eigenvalue weighted by Gasteiger charge is 2.38. The molecular weight excluding hydrogens is 398 g/mol. The monoisotopic (exact) mass is 431 g/mol. The Balaban J connectivity index is 1.26. The van der Waals surface area contributed by atoms with Gasteiger partial charge in [-0.05, 0) is 32.6 Å². The Morgan fingerprint density at radius 2 is 1.84 bits per heavy atom. The molecule has 0 aliphatic carbocycles. The SMILES string of the molecule is CCn1cc(C(=O)N2CCC(CN3CC(C(=O)N4CCOCC4)CC3=O)CC2)c(C)n1. The zero-order chi connectivity index (χ0) is 22.0. The molecule has 3 saturated heterocycles. The number of ether oxygens (including phenoxy) is 1. The second-order valence-corrected chi connectivity index (χ2v) is 8.86. The fourth-order valence-corrected chi connectivity index (χ4v) is 4.85. The van der Waals surface area contributed by atoms with Crippen LogP contribution in [-0.4, -0.2) is 94.7 Å². The third kappa shape index (κ3) is 4.76. The predicted octanol–water partition coefficient (Wildman–Crippen LogP) is 0.771. The fraction of sp³-hybridized carbons (Fsp3) is 0.727. The number of amides is 3. The van der Waals surface area contributed by atoms with E-state index in [1.54, 1.807) is 4.68 Å². The van der Waals surface area contributed by atoms with Crippen molar-refractivity contribution in [3.05, 3.63) is 17.5 Å². The summed E-state index contributed by atoms with van der Waals surface area (Å²) in [7, 11) is 0. The highest BCUT2D eigenvalue weighted by molar-refractivity contribution is 5.95. The molecule has 0 N–H and O–H groups in total. The fourth-order valence-electron chi connectivity index (χ4n) is 4.85. The van der Waals surface area contributed by atoms with Crippen LogP contribution in [0.2, 0.25) is 0 Å². The van der Waals surface area contributed by atoms with Crippen molar-refractivity contribution >= 4 is 17.7 Å². The lowest BCUT2D eigenvalue weighted by molar-refractivity contribution is -0.139. The second-order valence-electron chi connectivity index (χ2n) is 8.86. The highest BCUT2D eigenvalue weighted by Crippen LogP contribution is 2.26. The molecule has 0 bridgehead atoms. The summed E-state index contributed by atoms with van der Waals surface area (Å²) in [6.07, 6.45) is 3.89. The van der Waals surface area contributed by atoms with Crippen molar-refractivity contribution in [2.45, 2.75) is 39.7 Å². The lowest BCUT2D eigenvalue weighted by Gasteiger charge is -2.34. The van der Waals surface area contributed by atoms with Crippen LogP contribution in [-0.2, 0) is 20.9 Å². The van der Waals surface area contributed by atoms with Gasteiger partial charge in [-0.2, -0.15) is 5.10 Å². The van der Waals surface area contributed by atoms with Crippen LogP contribution in [0.5, 0.6) is 0 Å². The molecule has 9 heteroatoms. The molecule has 0 aromatic carbocycles. The average molecular weight is 432 g/mol. The number of rotatable bonds is 5. The van der Waals surface area contributed by atoms with E-state index in [1.807, 2.05) is 34.7 Å². The molecule has 3 aliphatic heterocycles. The van der Waals surface area contributed by atoms with E-state index < -0.39 is 0 Å². The maximum Gasteiger partial charge on any atom is 0.257 e. The van der Waals surface area contributed by atoms with Crippen LogP contribution < -0.4 is 0 Å². The lowest BCUT2D eigenvalue weighted by atomic mass is 9.95. The van der Waals surface area contributed by atoms with Crippen molar-refractivity contribution in [2.24, 2.45) is 11.8 Å². The van der Waals surface area contributed by atoms with E-state index in [0.717, 1.165) is 25.1 Å². The van der Waals surface area contributed by atoms with Crippen molar-refractivity contribution in [3.8, 4) is 0 Å². The van der Waals surface area contributed by atoms with Gasteiger partial charge >= 0.3 is 0 Å². The number of aryl methyl sites for hydroxylation is 2. The number of carbonyl (C=O) groups excluding carboxylic acids is 3. The van der Waals surface area contributed by atoms with Gasteiger partial charge in [0, 0.05) is 58.4 Å². The standard InChI is InChI=1S/C22H33N5O4/c1-3-27-15-19(16(2)23-27)22(30)24-6-4-17(5-7-24)13-26-14-18(12-20(26)28)21(29)25-8-10-31-11-9-25/h15,17-18H,3-14H2,1-2H3. The zero-order valence-corrected chi connectivity index (χ0v) is 18.6. The Labute approximate surface area is 183 Å². The number of hydrogen-bond donors (Lipinski definition) is 0. The molecule has 3 aliphatic rings. The average Bonchev–Trinajstić information content (AvgIpc) is 3.36. The third-order valence-corrected chi connectivity index (χ3v) is 6.77. The van der Waals surface area contributed by atoms with E-state index in [-0.39, 0.29) is 23.6 Å². The Morgan fingerprint density at radius 3 is 2.48 bits per heavy atom. The third-order valence-electron chi connectivity index (χ3n) is 6.77. The van der Waals surface area contributed by atoms with Crippen LogP contribution in [0.15, 0.2) is 6.20 Å². The van der Waals surface area contributed by atoms with Crippen molar-refractivity contribution in [1.82, 2.24) is 24.5 Å². The van der Waals surface area contributed by atoms with E-state index >= 15 is 0 Å². The van der Waals surface area contributed by atoms with Gasteiger partial charge in [0.15, 0.2) is 0 Å². The van der Waals surface area contributed by atoms with Crippen LogP contribution in [0.1, 0.15) is 42.2 Å². The molecule has 4 heterocycles. The van der Waals surface area contributed by atoms with Crippen LogP contribution in [0.25, 0.3) is 0 Å². The maximum atomic E-state index is 12.9. The largest absolute Gasteiger partial charge is 0.378 e. The van der Waals surface area contributed by atoms with Crippen LogP contribution in [0.4, 0.5) is 0 Å². The molecule has 1 unspecified atom stereocenters. The minimum Gasteiger partial charge on any atom is -0.378 e. The number of aromatic nitrogens is 2. The van der Waals surface area contributed by atoms with Gasteiger partial charge in [-0.1, -0.05) is 0 Å². The summed E-state index contributed by atoms with van der Waals surface area (Å²) in [5, 5.41) is 4.38. The summed E-state index contributed by atoms with van der Waals surface area (Å²) in [4.78, 5) is 43.7. The van der Waals surface area contributed by atoms with Crippen LogP contribution >= 0.6 is 0 Å². The van der Waals surface area contributed by atoms with Gasteiger partial charge in [0.2, 0.25) is 11.8 Å². The van der Waals surface area contributed by atoms with Gasteiger partial charge in [0.25, 0.3) is 5.91 Å². The van der Waals surface area contributed by atoms with Crippen molar-refractivity contribution < 1.29 is 19.1 Å². The van der Waals surface area contributed by atoms with E-state index in [0.29, 0.717) is 70.4 Å². The molecular formula is C22H33N5O4. The summed E-state index contributed by atoms with van der Waals surface area (Å²) >= 11 is 0. The summed E-state index contributed by atoms with van der Waals surface area (Å²) in [6.45, 7) is 9.60. The van der Waals surface area contributed by atoms with Gasteiger partial charge in [-0.3, -0.25) is 19.1 Å². The van der Waals surface area contributed by atoms with Crippen LogP contribution in [0, 0.1) is 18.8 Å². The van der Waals surface area contributed by atoms with Crippen LogP contribution in [0.3, 0.4) is 0 Å². The first kappa shape index (κ1) is 21.8. The molecule has 3 fully saturated rings. The van der Waals surface area contributed by atoms with Crippen molar-refractivity contribution in [2.75, 3.05) is 52.5 Å². The first-order valence-electron chi connectivity index (χ1n) is 11.4. The van der Waals surface area contributed by atoms with Gasteiger partial charge in [-0.25, -0.2) is 0 Å². The molecule has 31 heavy (non-hydrogen) atoms. The molecule has 1 aromatic rings. The molecule has 1 aromatic heterocycles. The predicted molar refractivity (Wildman–Crippen MR) is 113 cm³/mol. The molecule has 9 nitrogen and oxygen atoms in total. The number of morpholine rings is 1. The summed E-state index contributed by atoms with van der Waals surface area (Å²) in [5.41, 5.74) is 1.45. The Morgan fingerprint density at radius 1 is 1.13 bits per heavy atom. The van der Waals surface area contributed by atoms with Gasteiger partial charge in [0.1, 0.15) is 0 Å². The quantitative estimate of drug-likeness (QED) is 0.687. The Bertz CT molecular complexity index is 824. The Hall–Kier alpha value is -2.42. The second kappa shape index (κ2) is 9.38. The van der Waals surface area contributed by atoms with Gasteiger partial charge < -0.3 is 19.4 Å². The smallest absolute Gasteiger partial charge is 0.257 e. The summed E-state index contributed by atoms with van der Waals surface area (Å²) < 4.78 is 7.11. The van der Waals surface area contributed by atoms with E-state index in [9.17, 15) is 14.4 Å². The number of nitrogens with zero attached hydrogens (tertiary/aromatic N) is 5. The molecule has 0 saturated carbocycles. The number of likely N-dealkylation sites (tertiary alicyclic amines) is 2. The van der Waals surface area contributed by atoms with Crippen molar-refractivity contribution in [1.29, 1.82) is 0 Å². The molecule has 0 radical (unpaired) electrons.